The molecule has 1 aromatic carbocycles. The number of primary amides is 1. The number of nitrogen functional groups attached to an aromatic ring is 1. The van der Waals surface area contributed by atoms with Crippen molar-refractivity contribution in [2.45, 2.75) is 38.1 Å². The fourth-order valence-electron chi connectivity index (χ4n) is 4.34. The minimum atomic E-state index is -0.384. The quantitative estimate of drug-likeness (QED) is 0.367. The lowest BCUT2D eigenvalue weighted by atomic mass is 9.85. The van der Waals surface area contributed by atoms with E-state index in [0.717, 1.165) is 41.5 Å². The van der Waals surface area contributed by atoms with Crippen molar-refractivity contribution < 1.29 is 9.59 Å². The molecule has 0 bridgehead atoms. The van der Waals surface area contributed by atoms with Crippen molar-refractivity contribution in [2.75, 3.05) is 11.1 Å². The number of nitrogens with two attached hydrogens (primary N) is 2. The van der Waals surface area contributed by atoms with Gasteiger partial charge < -0.3 is 21.4 Å². The van der Waals surface area contributed by atoms with Crippen LogP contribution >= 0.6 is 22.9 Å². The molecule has 12 heteroatoms. The van der Waals surface area contributed by atoms with E-state index in [4.69, 9.17) is 23.1 Å². The highest BCUT2D eigenvalue weighted by atomic mass is 35.5. The molecule has 0 aliphatic heterocycles. The van der Waals surface area contributed by atoms with Crippen LogP contribution in [0.25, 0.3) is 21.4 Å². The first-order valence-corrected chi connectivity index (χ1v) is 11.7. The number of amides is 2. The van der Waals surface area contributed by atoms with Gasteiger partial charge in [-0.3, -0.25) is 9.59 Å². The zero-order valence-electron chi connectivity index (χ0n) is 17.5. The van der Waals surface area contributed by atoms with Gasteiger partial charge in [0.1, 0.15) is 5.52 Å². The van der Waals surface area contributed by atoms with Crippen LogP contribution < -0.4 is 16.8 Å². The van der Waals surface area contributed by atoms with Crippen molar-refractivity contribution in [3.63, 3.8) is 0 Å². The number of nitrogens with one attached hydrogen (secondary N) is 1. The zero-order chi connectivity index (χ0) is 23.1. The van der Waals surface area contributed by atoms with Gasteiger partial charge in [0.15, 0.2) is 16.6 Å². The van der Waals surface area contributed by atoms with E-state index >= 15 is 0 Å². The van der Waals surface area contributed by atoms with Crippen LogP contribution in [-0.2, 0) is 16.0 Å². The van der Waals surface area contributed by atoms with Crippen molar-refractivity contribution in [1.29, 1.82) is 0 Å². The maximum Gasteiger partial charge on any atom is 0.229 e. The second kappa shape index (κ2) is 8.56. The van der Waals surface area contributed by atoms with Crippen LogP contribution in [0.2, 0.25) is 5.28 Å². The number of rotatable bonds is 5. The normalized spacial score (nSPS) is 18.6. The van der Waals surface area contributed by atoms with E-state index in [9.17, 15) is 9.59 Å². The monoisotopic (exact) mass is 484 g/mol. The van der Waals surface area contributed by atoms with Gasteiger partial charge in [-0.25, -0.2) is 9.97 Å². The van der Waals surface area contributed by atoms with Gasteiger partial charge >= 0.3 is 0 Å². The smallest absolute Gasteiger partial charge is 0.229 e. The molecule has 170 valence electrons. The highest BCUT2D eigenvalue weighted by molar-refractivity contribution is 7.22. The Morgan fingerprint density at radius 3 is 2.73 bits per heavy atom. The fraction of sp³-hybridized carbons (Fsp3) is 0.333. The highest BCUT2D eigenvalue weighted by Crippen LogP contribution is 2.35. The number of hydrogen-bond donors (Lipinski definition) is 3. The second-order valence-electron chi connectivity index (χ2n) is 8.16. The number of carbonyl (C=O) groups is 2. The summed E-state index contributed by atoms with van der Waals surface area (Å²) in [6, 6.07) is 5.71. The standard InChI is InChI=1S/C21H21ClN8O2S/c22-20-27-17(24)16-18(28-20)30(9-25-16)12-4-2-11(3-5-12)19(32)29-21-26-13-6-1-10(8-15(23)31)7-14(13)33-21/h1,6-7,9,11-12H,2-5,8H2,(H2,23,31)(H2,24,27,28)(H,26,29,32). The van der Waals surface area contributed by atoms with Gasteiger partial charge in [-0.15, -0.1) is 0 Å². The number of fused-ring (bicyclic) bond motifs is 2. The summed E-state index contributed by atoms with van der Waals surface area (Å²) in [7, 11) is 0. The van der Waals surface area contributed by atoms with Gasteiger partial charge in [0.2, 0.25) is 17.1 Å². The zero-order valence-corrected chi connectivity index (χ0v) is 19.1. The molecular weight excluding hydrogens is 464 g/mol. The Bertz CT molecular complexity index is 1380. The third kappa shape index (κ3) is 4.33. The lowest BCUT2D eigenvalue weighted by Gasteiger charge is -2.28. The first kappa shape index (κ1) is 21.5. The number of anilines is 2. The number of imidazole rings is 1. The van der Waals surface area contributed by atoms with Gasteiger partial charge in [0.25, 0.3) is 0 Å². The van der Waals surface area contributed by atoms with Crippen LogP contribution in [0.4, 0.5) is 10.9 Å². The molecule has 0 saturated heterocycles. The Hall–Kier alpha value is -3.31. The van der Waals surface area contributed by atoms with E-state index in [0.29, 0.717) is 16.3 Å². The molecule has 3 heterocycles. The molecule has 5 N–H and O–H groups in total. The van der Waals surface area contributed by atoms with Crippen LogP contribution in [0.5, 0.6) is 0 Å². The minimum Gasteiger partial charge on any atom is -0.382 e. The molecule has 1 aliphatic rings. The summed E-state index contributed by atoms with van der Waals surface area (Å²) in [5.41, 5.74) is 13.9. The first-order chi connectivity index (χ1) is 15.9. The number of benzene rings is 1. The van der Waals surface area contributed by atoms with Crippen molar-refractivity contribution in [3.05, 3.63) is 35.4 Å². The van der Waals surface area contributed by atoms with Crippen molar-refractivity contribution in [2.24, 2.45) is 11.7 Å². The molecule has 3 aromatic heterocycles. The lowest BCUT2D eigenvalue weighted by Crippen LogP contribution is -2.28. The van der Waals surface area contributed by atoms with Crippen LogP contribution in [0.15, 0.2) is 24.5 Å². The molecule has 0 radical (unpaired) electrons. The summed E-state index contributed by atoms with van der Waals surface area (Å²) in [5, 5.41) is 3.60. The number of aromatic nitrogens is 5. The van der Waals surface area contributed by atoms with Gasteiger partial charge in [0.05, 0.1) is 23.0 Å². The van der Waals surface area contributed by atoms with Gasteiger partial charge in [-0.1, -0.05) is 17.4 Å². The molecule has 1 fully saturated rings. The number of halogens is 1. The van der Waals surface area contributed by atoms with E-state index < -0.39 is 0 Å². The Morgan fingerprint density at radius 2 is 1.97 bits per heavy atom. The SMILES string of the molecule is NC(=O)Cc1ccc2nc(NC(=O)C3CCC(n4cnc5c(N)nc(Cl)nc54)CC3)sc2c1. The summed E-state index contributed by atoms with van der Waals surface area (Å²) >= 11 is 7.36. The van der Waals surface area contributed by atoms with Crippen molar-refractivity contribution in [1.82, 2.24) is 24.5 Å². The molecule has 33 heavy (non-hydrogen) atoms. The summed E-state index contributed by atoms with van der Waals surface area (Å²) in [5.74, 6) is -0.258. The minimum absolute atomic E-state index is 0.0324. The average molecular weight is 485 g/mol. The fourth-order valence-corrected chi connectivity index (χ4v) is 5.44. The molecule has 2 amide bonds. The molecule has 4 aromatic rings. The predicted molar refractivity (Wildman–Crippen MR) is 127 cm³/mol. The molecule has 5 rings (SSSR count). The Balaban J connectivity index is 1.24. The Kier molecular flexibility index (Phi) is 5.59. The van der Waals surface area contributed by atoms with Crippen LogP contribution in [0.3, 0.4) is 0 Å². The molecule has 0 unspecified atom stereocenters. The van der Waals surface area contributed by atoms with E-state index in [-0.39, 0.29) is 41.3 Å². The van der Waals surface area contributed by atoms with Crippen LogP contribution in [0.1, 0.15) is 37.3 Å². The van der Waals surface area contributed by atoms with E-state index in [2.05, 4.69) is 25.3 Å². The number of nitrogens with zero attached hydrogens (tertiary/aromatic N) is 5. The summed E-state index contributed by atoms with van der Waals surface area (Å²) in [4.78, 5) is 41.1. The highest BCUT2D eigenvalue weighted by Gasteiger charge is 2.29. The van der Waals surface area contributed by atoms with Crippen LogP contribution in [0, 0.1) is 5.92 Å². The molecule has 1 saturated carbocycles. The number of thiazole rings is 1. The van der Waals surface area contributed by atoms with Gasteiger partial charge in [-0.05, 0) is 55.0 Å². The van der Waals surface area contributed by atoms with Gasteiger partial charge in [-0.2, -0.15) is 9.97 Å². The third-order valence-corrected chi connectivity index (χ3v) is 7.05. The summed E-state index contributed by atoms with van der Waals surface area (Å²) < 4.78 is 2.88. The van der Waals surface area contributed by atoms with E-state index in [1.54, 1.807) is 6.33 Å². The third-order valence-electron chi connectivity index (χ3n) is 5.94. The Labute approximate surface area is 197 Å². The lowest BCUT2D eigenvalue weighted by molar-refractivity contribution is -0.121. The maximum absolute atomic E-state index is 12.9. The van der Waals surface area contributed by atoms with E-state index in [1.165, 1.54) is 11.3 Å². The molecule has 0 atom stereocenters. The summed E-state index contributed by atoms with van der Waals surface area (Å²) in [6.45, 7) is 0. The first-order valence-electron chi connectivity index (χ1n) is 10.5. The second-order valence-corrected chi connectivity index (χ2v) is 9.53. The van der Waals surface area contributed by atoms with Crippen molar-refractivity contribution >= 4 is 67.1 Å². The predicted octanol–water partition coefficient (Wildman–Crippen LogP) is 3.07. The summed E-state index contributed by atoms with van der Waals surface area (Å²) in [6.07, 6.45) is 4.97. The molecule has 10 nitrogen and oxygen atoms in total. The molecule has 1 aliphatic carbocycles. The largest absolute Gasteiger partial charge is 0.382 e. The van der Waals surface area contributed by atoms with Crippen molar-refractivity contribution in [3.8, 4) is 0 Å². The number of hydrogen-bond acceptors (Lipinski definition) is 8. The maximum atomic E-state index is 12.9. The average Bonchev–Trinajstić information content (AvgIpc) is 3.36. The van der Waals surface area contributed by atoms with Gasteiger partial charge in [0, 0.05) is 12.0 Å². The molecular formula is C21H21ClN8O2S. The number of carbonyl (C=O) groups excluding carboxylic acids is 2. The molecule has 0 spiro atoms. The van der Waals surface area contributed by atoms with E-state index in [1.807, 2.05) is 22.8 Å². The topological polar surface area (TPSA) is 155 Å². The van der Waals surface area contributed by atoms with Crippen LogP contribution in [-0.4, -0.2) is 36.3 Å². The Morgan fingerprint density at radius 1 is 1.18 bits per heavy atom.